The Morgan fingerprint density at radius 1 is 1.21 bits per heavy atom. The number of allylic oxidation sites excluding steroid dienone is 4. The molecule has 0 fully saturated rings. The van der Waals surface area contributed by atoms with Crippen LogP contribution in [-0.4, -0.2) is 5.71 Å². The van der Waals surface area contributed by atoms with Crippen molar-refractivity contribution in [2.45, 2.75) is 46.0 Å². The minimum atomic E-state index is 0.359. The van der Waals surface area contributed by atoms with Crippen molar-refractivity contribution in [3.05, 3.63) is 58.7 Å². The van der Waals surface area contributed by atoms with Gasteiger partial charge in [0.05, 0.1) is 0 Å². The Labute approximate surface area is 116 Å². The Balaban J connectivity index is 2.32. The first kappa shape index (κ1) is 13.8. The molecule has 0 heterocycles. The normalized spacial score (nSPS) is 18.2. The van der Waals surface area contributed by atoms with E-state index in [4.69, 9.17) is 5.41 Å². The lowest BCUT2D eigenvalue weighted by Gasteiger charge is -2.16. The standard InChI is InChI=1S/C18H23N/c1-4-5-10-18(19)16-9-7-6-8-15(16)17-12-13(2)11-14(17)3/h6-9,11-12,17,19H,4-5,10H2,1-3H3. The van der Waals surface area contributed by atoms with Crippen LogP contribution in [0.1, 0.15) is 57.1 Å². The fourth-order valence-corrected chi connectivity index (χ4v) is 2.76. The van der Waals surface area contributed by atoms with Gasteiger partial charge in [-0.1, -0.05) is 60.9 Å². The Kier molecular flexibility index (Phi) is 4.36. The summed E-state index contributed by atoms with van der Waals surface area (Å²) in [6, 6.07) is 8.40. The predicted octanol–water partition coefficient (Wildman–Crippen LogP) is 5.23. The average Bonchev–Trinajstić information content (AvgIpc) is 2.75. The maximum atomic E-state index is 8.31. The molecule has 19 heavy (non-hydrogen) atoms. The summed E-state index contributed by atoms with van der Waals surface area (Å²) in [4.78, 5) is 0. The summed E-state index contributed by atoms with van der Waals surface area (Å²) in [7, 11) is 0. The molecule has 2 rings (SSSR count). The summed E-state index contributed by atoms with van der Waals surface area (Å²) < 4.78 is 0. The third kappa shape index (κ3) is 3.04. The largest absolute Gasteiger partial charge is 0.305 e. The third-order valence-electron chi connectivity index (χ3n) is 3.78. The van der Waals surface area contributed by atoms with Crippen LogP contribution in [0, 0.1) is 5.41 Å². The maximum Gasteiger partial charge on any atom is 0.0389 e. The van der Waals surface area contributed by atoms with E-state index < -0.39 is 0 Å². The minimum Gasteiger partial charge on any atom is -0.305 e. The van der Waals surface area contributed by atoms with Crippen LogP contribution in [0.2, 0.25) is 0 Å². The predicted molar refractivity (Wildman–Crippen MR) is 83.1 cm³/mol. The van der Waals surface area contributed by atoms with Gasteiger partial charge in [0.2, 0.25) is 0 Å². The summed E-state index contributed by atoms with van der Waals surface area (Å²) in [5.74, 6) is 0.359. The molecule has 1 aliphatic carbocycles. The summed E-state index contributed by atoms with van der Waals surface area (Å²) in [6.07, 6.45) is 7.68. The van der Waals surface area contributed by atoms with Gasteiger partial charge in [-0.2, -0.15) is 0 Å². The smallest absolute Gasteiger partial charge is 0.0389 e. The molecule has 0 bridgehead atoms. The van der Waals surface area contributed by atoms with Gasteiger partial charge in [0.25, 0.3) is 0 Å². The molecule has 1 aromatic carbocycles. The molecule has 0 aliphatic heterocycles. The monoisotopic (exact) mass is 253 g/mol. The lowest BCUT2D eigenvalue weighted by Crippen LogP contribution is -2.07. The summed E-state index contributed by atoms with van der Waals surface area (Å²) in [5, 5.41) is 8.31. The number of hydrogen-bond donors (Lipinski definition) is 1. The first-order valence-corrected chi connectivity index (χ1v) is 7.16. The van der Waals surface area contributed by atoms with Crippen LogP contribution in [0.4, 0.5) is 0 Å². The van der Waals surface area contributed by atoms with Gasteiger partial charge in [-0.15, -0.1) is 0 Å². The van der Waals surface area contributed by atoms with Crippen LogP contribution in [0.5, 0.6) is 0 Å². The highest BCUT2D eigenvalue weighted by molar-refractivity contribution is 5.99. The van der Waals surface area contributed by atoms with Crippen molar-refractivity contribution in [1.29, 1.82) is 5.41 Å². The van der Waals surface area contributed by atoms with Gasteiger partial charge in [0.15, 0.2) is 0 Å². The zero-order valence-corrected chi connectivity index (χ0v) is 12.2. The van der Waals surface area contributed by atoms with Crippen molar-refractivity contribution in [2.24, 2.45) is 0 Å². The fraction of sp³-hybridized carbons (Fsp3) is 0.389. The zero-order chi connectivity index (χ0) is 13.8. The lowest BCUT2D eigenvalue weighted by molar-refractivity contribution is 0.831. The molecule has 0 saturated heterocycles. The van der Waals surface area contributed by atoms with Crippen molar-refractivity contribution in [3.63, 3.8) is 0 Å². The van der Waals surface area contributed by atoms with Crippen LogP contribution in [0.15, 0.2) is 47.6 Å². The second-order valence-electron chi connectivity index (χ2n) is 5.45. The number of unbranched alkanes of at least 4 members (excludes halogenated alkanes) is 1. The molecule has 1 N–H and O–H groups in total. The Morgan fingerprint density at radius 3 is 2.58 bits per heavy atom. The highest BCUT2D eigenvalue weighted by atomic mass is 14.4. The van der Waals surface area contributed by atoms with Crippen LogP contribution >= 0.6 is 0 Å². The van der Waals surface area contributed by atoms with E-state index >= 15 is 0 Å². The SMILES string of the molecule is CCCCC(=N)c1ccccc1C1C=C(C)C=C1C. The molecular formula is C18H23N. The van der Waals surface area contributed by atoms with E-state index in [1.807, 2.05) is 6.07 Å². The Morgan fingerprint density at radius 2 is 1.95 bits per heavy atom. The van der Waals surface area contributed by atoms with Crippen LogP contribution < -0.4 is 0 Å². The molecule has 0 spiro atoms. The Bertz CT molecular complexity index is 534. The van der Waals surface area contributed by atoms with Gasteiger partial charge in [-0.05, 0) is 37.8 Å². The molecular weight excluding hydrogens is 230 g/mol. The van der Waals surface area contributed by atoms with Crippen LogP contribution in [-0.2, 0) is 0 Å². The van der Waals surface area contributed by atoms with E-state index in [1.165, 1.54) is 16.7 Å². The van der Waals surface area contributed by atoms with Gasteiger partial charge in [-0.3, -0.25) is 0 Å². The number of rotatable bonds is 5. The molecule has 1 atom stereocenters. The first-order chi connectivity index (χ1) is 9.13. The molecule has 0 aromatic heterocycles. The average molecular weight is 253 g/mol. The summed E-state index contributed by atoms with van der Waals surface area (Å²) in [6.45, 7) is 6.51. The molecule has 1 aliphatic rings. The van der Waals surface area contributed by atoms with Crippen LogP contribution in [0.3, 0.4) is 0 Å². The van der Waals surface area contributed by atoms with E-state index in [2.05, 4.69) is 51.1 Å². The Hall–Kier alpha value is -1.63. The summed E-state index contributed by atoms with van der Waals surface area (Å²) >= 11 is 0. The molecule has 1 nitrogen and oxygen atoms in total. The van der Waals surface area contributed by atoms with Gasteiger partial charge in [0.1, 0.15) is 0 Å². The zero-order valence-electron chi connectivity index (χ0n) is 12.2. The molecule has 1 unspecified atom stereocenters. The van der Waals surface area contributed by atoms with Crippen LogP contribution in [0.25, 0.3) is 0 Å². The lowest BCUT2D eigenvalue weighted by atomic mass is 9.88. The highest BCUT2D eigenvalue weighted by Gasteiger charge is 2.19. The van der Waals surface area contributed by atoms with Crippen molar-refractivity contribution in [1.82, 2.24) is 0 Å². The summed E-state index contributed by atoms with van der Waals surface area (Å²) in [5.41, 5.74) is 5.91. The second kappa shape index (κ2) is 6.01. The number of hydrogen-bond acceptors (Lipinski definition) is 1. The fourth-order valence-electron chi connectivity index (χ4n) is 2.76. The topological polar surface area (TPSA) is 23.9 Å². The van der Waals surface area contributed by atoms with Gasteiger partial charge < -0.3 is 5.41 Å². The van der Waals surface area contributed by atoms with E-state index in [-0.39, 0.29) is 0 Å². The van der Waals surface area contributed by atoms with E-state index in [0.717, 1.165) is 30.5 Å². The number of nitrogens with one attached hydrogen (secondary N) is 1. The maximum absolute atomic E-state index is 8.31. The molecule has 100 valence electrons. The highest BCUT2D eigenvalue weighted by Crippen LogP contribution is 2.35. The first-order valence-electron chi connectivity index (χ1n) is 7.16. The van der Waals surface area contributed by atoms with Crippen molar-refractivity contribution < 1.29 is 0 Å². The van der Waals surface area contributed by atoms with Gasteiger partial charge in [-0.25, -0.2) is 0 Å². The molecule has 0 amide bonds. The van der Waals surface area contributed by atoms with Crippen molar-refractivity contribution in [2.75, 3.05) is 0 Å². The quantitative estimate of drug-likeness (QED) is 0.694. The molecule has 1 aromatic rings. The second-order valence-corrected chi connectivity index (χ2v) is 5.45. The third-order valence-corrected chi connectivity index (χ3v) is 3.78. The molecule has 0 radical (unpaired) electrons. The molecule has 1 heteroatoms. The number of benzene rings is 1. The van der Waals surface area contributed by atoms with E-state index in [9.17, 15) is 0 Å². The van der Waals surface area contributed by atoms with E-state index in [1.54, 1.807) is 0 Å². The molecule has 0 saturated carbocycles. The van der Waals surface area contributed by atoms with Gasteiger partial charge >= 0.3 is 0 Å². The van der Waals surface area contributed by atoms with E-state index in [0.29, 0.717) is 5.92 Å². The minimum absolute atomic E-state index is 0.359. The van der Waals surface area contributed by atoms with Crippen molar-refractivity contribution in [3.8, 4) is 0 Å². The van der Waals surface area contributed by atoms with Crippen molar-refractivity contribution >= 4 is 5.71 Å². The van der Waals surface area contributed by atoms with Gasteiger partial charge in [0, 0.05) is 11.6 Å².